The van der Waals surface area contributed by atoms with Crippen LogP contribution < -0.4 is 5.32 Å². The molecule has 11 heteroatoms. The summed E-state index contributed by atoms with van der Waals surface area (Å²) in [5.74, 6) is -4.05. The van der Waals surface area contributed by atoms with Gasteiger partial charge >= 0.3 is 18.4 Å². The Kier molecular flexibility index (Phi) is 7.25. The first-order valence-electron chi connectivity index (χ1n) is 5.46. The quantitative estimate of drug-likeness (QED) is 0.364. The van der Waals surface area contributed by atoms with E-state index in [2.05, 4.69) is 9.53 Å². The molecular weight excluding hydrogens is 299 g/mol. The van der Waals surface area contributed by atoms with Crippen molar-refractivity contribution < 1.29 is 42.2 Å². The van der Waals surface area contributed by atoms with E-state index in [-0.39, 0.29) is 0 Å². The second-order valence-corrected chi connectivity index (χ2v) is 3.81. The molecule has 0 aliphatic carbocycles. The topological polar surface area (TPSA) is 129 Å². The van der Waals surface area contributed by atoms with Gasteiger partial charge in [-0.15, -0.1) is 0 Å². The molecule has 0 bridgehead atoms. The zero-order chi connectivity index (χ0) is 16.6. The van der Waals surface area contributed by atoms with E-state index in [1.165, 1.54) is 0 Å². The van der Waals surface area contributed by atoms with E-state index >= 15 is 0 Å². The number of alkyl halides is 3. The number of amides is 1. The molecule has 0 aromatic rings. The summed E-state index contributed by atoms with van der Waals surface area (Å²) in [7, 11) is 0.648. The molecule has 0 aromatic heterocycles. The highest BCUT2D eigenvalue weighted by Crippen LogP contribution is 2.22. The maximum Gasteiger partial charge on any atom is 0.423 e. The number of hydrogen-bond acceptors (Lipinski definition) is 4. The summed E-state index contributed by atoms with van der Waals surface area (Å²) in [4.78, 5) is 35.6. The number of carboxylic acid groups (broad SMARTS) is 1. The highest BCUT2D eigenvalue weighted by atomic mass is 19.4. The minimum absolute atomic E-state index is 0.440. The van der Waals surface area contributed by atoms with Gasteiger partial charge < -0.3 is 20.7 Å². The third kappa shape index (κ3) is 6.63. The van der Waals surface area contributed by atoms with Crippen molar-refractivity contribution in [1.82, 2.24) is 5.32 Å². The van der Waals surface area contributed by atoms with Gasteiger partial charge in [0.05, 0.1) is 0 Å². The number of ketones is 1. The molecule has 0 saturated carbocycles. The van der Waals surface area contributed by atoms with Gasteiger partial charge in [0.25, 0.3) is 5.91 Å². The average Bonchev–Trinajstić information content (AvgIpc) is 2.33. The lowest BCUT2D eigenvalue weighted by atomic mass is 10.1. The van der Waals surface area contributed by atoms with Crippen LogP contribution in [0, 0.1) is 0 Å². The van der Waals surface area contributed by atoms with Crippen molar-refractivity contribution in [3.63, 3.8) is 0 Å². The number of ether oxygens (including phenoxy) is 1. The SMILES string of the molecule is COC(C(=O)NC(CCC(=O)C=[N+]=[N-])C(=O)O)C(F)(F)F. The van der Waals surface area contributed by atoms with Crippen LogP contribution in [-0.2, 0) is 19.1 Å². The highest BCUT2D eigenvalue weighted by molar-refractivity contribution is 6.25. The zero-order valence-electron chi connectivity index (χ0n) is 10.8. The predicted molar refractivity (Wildman–Crippen MR) is 60.3 cm³/mol. The fourth-order valence-electron chi connectivity index (χ4n) is 1.31. The zero-order valence-corrected chi connectivity index (χ0v) is 10.8. The Hall–Kier alpha value is -2.26. The second-order valence-electron chi connectivity index (χ2n) is 3.81. The van der Waals surface area contributed by atoms with Crippen LogP contribution in [0.25, 0.3) is 5.53 Å². The fraction of sp³-hybridized carbons (Fsp3) is 0.600. The van der Waals surface area contributed by atoms with Crippen LogP contribution in [0.1, 0.15) is 12.8 Å². The van der Waals surface area contributed by atoms with Gasteiger partial charge in [-0.3, -0.25) is 9.59 Å². The molecule has 0 heterocycles. The number of carbonyl (C=O) groups excluding carboxylic acids is 2. The summed E-state index contributed by atoms with van der Waals surface area (Å²) < 4.78 is 41.2. The van der Waals surface area contributed by atoms with Crippen molar-refractivity contribution in [3.8, 4) is 0 Å². The van der Waals surface area contributed by atoms with Crippen molar-refractivity contribution >= 4 is 23.9 Å². The Bertz CT molecular complexity index is 459. The van der Waals surface area contributed by atoms with Gasteiger partial charge in [0.1, 0.15) is 6.04 Å². The van der Waals surface area contributed by atoms with Gasteiger partial charge in [0.15, 0.2) is 0 Å². The van der Waals surface area contributed by atoms with E-state index in [1.807, 2.05) is 0 Å². The van der Waals surface area contributed by atoms with Crippen LogP contribution in [0.4, 0.5) is 13.2 Å². The number of nitrogens with one attached hydrogen (secondary N) is 1. The summed E-state index contributed by atoms with van der Waals surface area (Å²) >= 11 is 0. The minimum atomic E-state index is -5.00. The van der Waals surface area contributed by atoms with Gasteiger partial charge in [-0.25, -0.2) is 4.79 Å². The van der Waals surface area contributed by atoms with Gasteiger partial charge in [-0.1, -0.05) is 0 Å². The summed E-state index contributed by atoms with van der Waals surface area (Å²) in [5.41, 5.74) is 8.07. The molecule has 1 amide bonds. The number of hydrogen-bond donors (Lipinski definition) is 2. The number of nitrogens with zero attached hydrogens (tertiary/aromatic N) is 2. The number of carbonyl (C=O) groups is 3. The first-order chi connectivity index (χ1) is 9.63. The lowest BCUT2D eigenvalue weighted by molar-refractivity contribution is -0.212. The molecule has 0 aliphatic heterocycles. The smallest absolute Gasteiger partial charge is 0.423 e. The predicted octanol–water partition coefficient (Wildman–Crippen LogP) is -0.217. The standard InChI is InChI=1S/C10H12F3N3O5/c1-21-7(10(11,12)13)8(18)16-6(9(19)20)3-2-5(17)4-15-14/h4,6-7H,2-3H2,1H3,(H,16,18)(H,19,20). The monoisotopic (exact) mass is 311 g/mol. The Morgan fingerprint density at radius 2 is 2.00 bits per heavy atom. The van der Waals surface area contributed by atoms with Crippen molar-refractivity contribution in [2.75, 3.05) is 7.11 Å². The van der Waals surface area contributed by atoms with Gasteiger partial charge in [-0.2, -0.15) is 18.0 Å². The van der Waals surface area contributed by atoms with Gasteiger partial charge in [0.2, 0.25) is 11.9 Å². The number of aliphatic carboxylic acids is 1. The summed E-state index contributed by atoms with van der Waals surface area (Å²) in [6, 6.07) is -1.71. The average molecular weight is 311 g/mol. The van der Waals surface area contributed by atoms with Crippen LogP contribution >= 0.6 is 0 Å². The Labute approximate surface area is 116 Å². The van der Waals surface area contributed by atoms with Crippen LogP contribution in [0.15, 0.2) is 0 Å². The van der Waals surface area contributed by atoms with Crippen LogP contribution in [0.3, 0.4) is 0 Å². The Morgan fingerprint density at radius 3 is 2.38 bits per heavy atom. The first kappa shape index (κ1) is 18.7. The van der Waals surface area contributed by atoms with Crippen molar-refractivity contribution in [1.29, 1.82) is 0 Å². The van der Waals surface area contributed by atoms with Crippen molar-refractivity contribution in [3.05, 3.63) is 5.53 Å². The molecule has 0 fully saturated rings. The van der Waals surface area contributed by atoms with Gasteiger partial charge in [0, 0.05) is 13.5 Å². The number of carboxylic acids is 1. The van der Waals surface area contributed by atoms with Crippen LogP contribution in [-0.4, -0.2) is 59.2 Å². The van der Waals surface area contributed by atoms with E-state index in [1.54, 1.807) is 5.32 Å². The van der Waals surface area contributed by atoms with E-state index in [0.29, 0.717) is 13.3 Å². The molecular formula is C10H12F3N3O5. The summed E-state index contributed by atoms with van der Waals surface area (Å²) in [6.07, 6.45) is -8.21. The summed E-state index contributed by atoms with van der Waals surface area (Å²) in [6.45, 7) is 0. The maximum absolute atomic E-state index is 12.4. The lowest BCUT2D eigenvalue weighted by Gasteiger charge is -2.20. The molecule has 0 rings (SSSR count). The van der Waals surface area contributed by atoms with E-state index in [4.69, 9.17) is 10.6 Å². The molecule has 2 unspecified atom stereocenters. The second kappa shape index (κ2) is 8.12. The molecule has 8 nitrogen and oxygen atoms in total. The van der Waals surface area contributed by atoms with Crippen molar-refractivity contribution in [2.45, 2.75) is 31.2 Å². The molecule has 21 heavy (non-hydrogen) atoms. The number of halogens is 3. The highest BCUT2D eigenvalue weighted by Gasteiger charge is 2.46. The summed E-state index contributed by atoms with van der Waals surface area (Å²) in [5, 5.41) is 10.4. The molecule has 0 saturated heterocycles. The van der Waals surface area contributed by atoms with E-state index in [9.17, 15) is 27.6 Å². The molecule has 0 aliphatic rings. The number of Topliss-reactive ketones (excluding diaryl/α,β-unsaturated/α-hetero) is 1. The third-order valence-electron chi connectivity index (χ3n) is 2.27. The molecule has 0 spiro atoms. The maximum atomic E-state index is 12.4. The molecule has 0 aromatic carbocycles. The Morgan fingerprint density at radius 1 is 1.43 bits per heavy atom. The fourth-order valence-corrected chi connectivity index (χ4v) is 1.31. The van der Waals surface area contributed by atoms with Crippen LogP contribution in [0.2, 0.25) is 0 Å². The van der Waals surface area contributed by atoms with E-state index < -0.39 is 48.8 Å². The minimum Gasteiger partial charge on any atom is -0.480 e. The van der Waals surface area contributed by atoms with Crippen molar-refractivity contribution in [2.24, 2.45) is 0 Å². The molecule has 2 atom stereocenters. The normalized spacial score (nSPS) is 13.7. The van der Waals surface area contributed by atoms with Crippen LogP contribution in [0.5, 0.6) is 0 Å². The number of methoxy groups -OCH3 is 1. The third-order valence-corrected chi connectivity index (χ3v) is 2.27. The van der Waals surface area contributed by atoms with Gasteiger partial charge in [-0.05, 0) is 6.42 Å². The molecule has 0 radical (unpaired) electrons. The first-order valence-corrected chi connectivity index (χ1v) is 5.46. The lowest BCUT2D eigenvalue weighted by Crippen LogP contribution is -2.51. The van der Waals surface area contributed by atoms with E-state index in [0.717, 1.165) is 0 Å². The number of rotatable bonds is 8. The largest absolute Gasteiger partial charge is 0.480 e. The molecule has 118 valence electrons. The Balaban J connectivity index is 4.78. The molecule has 2 N–H and O–H groups in total.